The number of hydrogen-bond acceptors (Lipinski definition) is 23. The number of aliphatic hydroxyl groups excluding tert-OH is 1. The number of nitrogens with one attached hydrogen (secondary N) is 6. The summed E-state index contributed by atoms with van der Waals surface area (Å²) >= 11 is 7.01. The molecule has 10 rings (SSSR count). The number of benzene rings is 1. The van der Waals surface area contributed by atoms with Gasteiger partial charge in [-0.25, -0.2) is 39.7 Å². The van der Waals surface area contributed by atoms with E-state index in [0.717, 1.165) is 34.0 Å². The SMILES string of the molecule is CNC(=O)C[C@@H]1NC(=O)c2csc(n2)-c2ccc(-c3nc(N(CCCC(=O)O)C(=O)N[C@H]4CC[C@H](C(=O)O)CC4)cs3)nc2-c2csc(n2)-c2csc(n2)[C@H]([C@@H](O)c2ccccc2)NC(=O)CNC(=O)c2nc(sc2COC)C(C(C)C)NC(=O)c2nc1sc2C. The zero-order valence-electron chi connectivity index (χ0n) is 49.5. The molecule has 9 N–H and O–H groups in total. The van der Waals surface area contributed by atoms with Crippen LogP contribution in [0.4, 0.5) is 10.6 Å². The minimum atomic E-state index is -1.31. The molecule has 1 saturated carbocycles. The molecule has 7 amide bonds. The highest BCUT2D eigenvalue weighted by atomic mass is 32.1. The zero-order valence-corrected chi connectivity index (χ0v) is 54.4. The number of amides is 7. The summed E-state index contributed by atoms with van der Waals surface area (Å²) in [5, 5.41) is 56.9. The highest BCUT2D eigenvalue weighted by molar-refractivity contribution is 7.15. The van der Waals surface area contributed by atoms with Crippen molar-refractivity contribution in [2.45, 2.75) is 103 Å². The molecule has 0 radical (unpaired) electrons. The Morgan fingerprint density at radius 3 is 2.13 bits per heavy atom. The number of aryl methyl sites for hydroxylation is 1. The number of ether oxygens (including phenoxy) is 1. The molecular formula is C59H62N14O12S6. The summed E-state index contributed by atoms with van der Waals surface area (Å²) < 4.78 is 5.45. The number of fused-ring (bicyclic) bond motifs is 14. The van der Waals surface area contributed by atoms with Gasteiger partial charge < -0.3 is 52.0 Å². The van der Waals surface area contributed by atoms with Crippen molar-refractivity contribution in [3.63, 3.8) is 0 Å². The van der Waals surface area contributed by atoms with Crippen molar-refractivity contribution in [2.24, 2.45) is 11.8 Å². The fourth-order valence-electron chi connectivity index (χ4n) is 10.1. The zero-order chi connectivity index (χ0) is 64.6. The van der Waals surface area contributed by atoms with Crippen molar-refractivity contribution >= 4 is 121 Å². The van der Waals surface area contributed by atoms with Crippen LogP contribution in [0.25, 0.3) is 43.4 Å². The van der Waals surface area contributed by atoms with Crippen LogP contribution in [0, 0.1) is 18.8 Å². The third-order valence-corrected chi connectivity index (χ3v) is 20.6. The van der Waals surface area contributed by atoms with E-state index in [1.807, 2.05) is 13.8 Å². The van der Waals surface area contributed by atoms with E-state index < -0.39 is 84.2 Å². The molecule has 32 heteroatoms. The minimum Gasteiger partial charge on any atom is -0.481 e. The Morgan fingerprint density at radius 2 is 1.41 bits per heavy atom. The van der Waals surface area contributed by atoms with Gasteiger partial charge in [-0.05, 0) is 62.6 Å². The molecule has 1 unspecified atom stereocenters. The second-order valence-electron chi connectivity index (χ2n) is 21.6. The normalized spacial score (nSPS) is 18.5. The molecule has 8 aromatic rings. The van der Waals surface area contributed by atoms with Crippen LogP contribution >= 0.6 is 68.0 Å². The van der Waals surface area contributed by atoms with E-state index in [1.54, 1.807) is 70.9 Å². The number of aliphatic carboxylic acids is 2. The number of carbonyl (C=O) groups is 8. The summed E-state index contributed by atoms with van der Waals surface area (Å²) in [7, 11) is 2.92. The Morgan fingerprint density at radius 1 is 0.703 bits per heavy atom. The predicted molar refractivity (Wildman–Crippen MR) is 343 cm³/mol. The smallest absolute Gasteiger partial charge is 0.323 e. The maximum Gasteiger partial charge on any atom is 0.323 e. The first-order valence-electron chi connectivity index (χ1n) is 28.7. The van der Waals surface area contributed by atoms with Crippen LogP contribution in [-0.4, -0.2) is 131 Å². The number of rotatable bonds is 15. The lowest BCUT2D eigenvalue weighted by Crippen LogP contribution is -2.47. The molecule has 4 atom stereocenters. The summed E-state index contributed by atoms with van der Waals surface area (Å²) in [6.45, 7) is 4.90. The monoisotopic (exact) mass is 1350 g/mol. The van der Waals surface area contributed by atoms with Gasteiger partial charge in [-0.2, -0.15) is 0 Å². The molecule has 1 fully saturated rings. The quantitative estimate of drug-likeness (QED) is 0.0465. The van der Waals surface area contributed by atoms with Gasteiger partial charge >= 0.3 is 18.0 Å². The molecule has 1 aliphatic heterocycles. The van der Waals surface area contributed by atoms with E-state index in [1.165, 1.54) is 53.1 Å². The van der Waals surface area contributed by atoms with Crippen LogP contribution < -0.4 is 36.8 Å². The van der Waals surface area contributed by atoms with Crippen molar-refractivity contribution in [1.29, 1.82) is 0 Å². The van der Waals surface area contributed by atoms with Crippen LogP contribution in [0.3, 0.4) is 0 Å². The molecule has 1 aliphatic carbocycles. The van der Waals surface area contributed by atoms with Crippen molar-refractivity contribution in [1.82, 2.24) is 66.8 Å². The summed E-state index contributed by atoms with van der Waals surface area (Å²) in [5.74, 6) is -5.44. The third-order valence-electron chi connectivity index (χ3n) is 14.9. The Hall–Kier alpha value is -8.37. The van der Waals surface area contributed by atoms with Gasteiger partial charge in [0, 0.05) is 65.1 Å². The number of urea groups is 1. The third kappa shape index (κ3) is 15.5. The number of methoxy groups -OCH3 is 1. The molecule has 476 valence electrons. The molecule has 10 bridgehead atoms. The molecule has 0 saturated heterocycles. The van der Waals surface area contributed by atoms with E-state index in [-0.39, 0.29) is 72.3 Å². The van der Waals surface area contributed by atoms with Crippen molar-refractivity contribution in [3.8, 4) is 43.4 Å². The average Bonchev–Trinajstić information content (AvgIpc) is 1.75. The molecule has 26 nitrogen and oxygen atoms in total. The standard InChI is InChI=1S/C59H62N14O12S6/c1-27(2)43-57-72-46(38(91-57)22-85-5)50(80)61-21-41(75)69-47(48(78)29-10-7-6-8-11-29)56-67-37(25-88-56)54-65-35(23-87-54)45-32(52-66-36(24-86-52)49(79)64-34(20-40(74)60-4)55-71-44(28(3)90-55)51(81)70-43)17-18-33(63-45)53-68-39(26-89-53)73(19-9-12-42(76)77)59(84)62-31-15-13-30(14-16-31)58(82)83/h6-8,10-11,17-18,23-27,30-31,34,43,47-48,78H,9,12-16,19-22H2,1-5H3,(H,60,74)(H,61,80)(H,62,84)(H,64,79)(H,69,75)(H,70,81)(H,76,77)(H,82,83)/t30-,31-,34-,43?,47-,48-/m0/s1. The van der Waals surface area contributed by atoms with Crippen molar-refractivity contribution in [2.75, 3.05) is 32.1 Å². The van der Waals surface area contributed by atoms with Gasteiger partial charge in [-0.15, -0.1) is 68.0 Å². The summed E-state index contributed by atoms with van der Waals surface area (Å²) in [6, 6.07) is 8.47. The lowest BCUT2D eigenvalue weighted by molar-refractivity contribution is -0.143. The highest BCUT2D eigenvalue weighted by Crippen LogP contribution is 2.41. The molecular weight excluding hydrogens is 1290 g/mol. The molecule has 2 aliphatic rings. The Kier molecular flexibility index (Phi) is 21.1. The van der Waals surface area contributed by atoms with Crippen LogP contribution in [0.5, 0.6) is 0 Å². The molecule has 1 aromatic carbocycles. The average molecular weight is 1350 g/mol. The van der Waals surface area contributed by atoms with Gasteiger partial charge in [0.15, 0.2) is 0 Å². The summed E-state index contributed by atoms with van der Waals surface area (Å²) in [6.07, 6.45) is 0.0582. The number of anilines is 1. The first-order chi connectivity index (χ1) is 43.7. The lowest BCUT2D eigenvalue weighted by Gasteiger charge is -2.29. The first-order valence-corrected chi connectivity index (χ1v) is 33.9. The molecule has 7 aromatic heterocycles. The number of carboxylic acids is 2. The number of carboxylic acid groups (broad SMARTS) is 2. The maximum absolute atomic E-state index is 14.4. The van der Waals surface area contributed by atoms with E-state index >= 15 is 0 Å². The van der Waals surface area contributed by atoms with Gasteiger partial charge in [0.2, 0.25) is 11.8 Å². The van der Waals surface area contributed by atoms with E-state index in [9.17, 15) is 53.7 Å². The number of carbonyl (C=O) groups excluding carboxylic acids is 6. The van der Waals surface area contributed by atoms with Gasteiger partial charge in [0.1, 0.15) is 82.2 Å². The van der Waals surface area contributed by atoms with Gasteiger partial charge in [0.05, 0.1) is 48.1 Å². The molecule has 91 heavy (non-hydrogen) atoms. The lowest BCUT2D eigenvalue weighted by atomic mass is 9.86. The van der Waals surface area contributed by atoms with Gasteiger partial charge in [0.25, 0.3) is 17.7 Å². The fraction of sp³-hybridized carbons (Fsp3) is 0.373. The van der Waals surface area contributed by atoms with Gasteiger partial charge in [-0.1, -0.05) is 44.2 Å². The Balaban J connectivity index is 1.04. The largest absolute Gasteiger partial charge is 0.481 e. The number of aromatic nitrogens is 7. The van der Waals surface area contributed by atoms with E-state index in [2.05, 4.69) is 31.9 Å². The van der Waals surface area contributed by atoms with Gasteiger partial charge in [-0.3, -0.25) is 38.5 Å². The predicted octanol–water partition coefficient (Wildman–Crippen LogP) is 8.34. The van der Waals surface area contributed by atoms with E-state index in [0.29, 0.717) is 94.4 Å². The van der Waals surface area contributed by atoms with Crippen molar-refractivity contribution < 1.29 is 58.4 Å². The van der Waals surface area contributed by atoms with E-state index in [4.69, 9.17) is 39.6 Å². The Labute approximate surface area is 544 Å². The van der Waals surface area contributed by atoms with Crippen LogP contribution in [0.2, 0.25) is 0 Å². The highest BCUT2D eigenvalue weighted by Gasteiger charge is 2.34. The van der Waals surface area contributed by atoms with Crippen LogP contribution in [-0.2, 0) is 30.5 Å². The number of hydrogen-bond donors (Lipinski definition) is 9. The maximum atomic E-state index is 14.4. The van der Waals surface area contributed by atoms with Crippen molar-refractivity contribution in [3.05, 3.63) is 111 Å². The first kappa shape index (κ1) is 65.6. The fourth-order valence-corrected chi connectivity index (χ4v) is 15.7. The van der Waals surface area contributed by atoms with Crippen LogP contribution in [0.15, 0.2) is 64.0 Å². The van der Waals surface area contributed by atoms with Crippen LogP contribution in [0.1, 0.15) is 145 Å². The second-order valence-corrected chi connectivity index (χ2v) is 27.4. The number of nitrogens with zero attached hydrogens (tertiary/aromatic N) is 8. The Bertz CT molecular complexity index is 4000. The minimum absolute atomic E-state index is 0.00896. The topological polar surface area (TPSA) is 372 Å². The molecule has 0 spiro atoms. The number of thiazole rings is 6. The molecule has 8 heterocycles. The summed E-state index contributed by atoms with van der Waals surface area (Å²) in [5.41, 5.74) is 2.36. The number of pyridine rings is 1. The summed E-state index contributed by atoms with van der Waals surface area (Å²) in [4.78, 5) is 143. The number of aliphatic hydroxyl groups is 1. The second kappa shape index (κ2) is 29.3.